The molecule has 0 amide bonds. The van der Waals surface area contributed by atoms with Crippen LogP contribution in [-0.2, 0) is 13.0 Å². The molecule has 3 aromatic rings. The molecule has 0 saturated heterocycles. The maximum absolute atomic E-state index is 13.0. The molecule has 0 atom stereocenters. The summed E-state index contributed by atoms with van der Waals surface area (Å²) in [6, 6.07) is 9.59. The maximum Gasteiger partial charge on any atom is 0.299 e. The number of fused-ring (bicyclic) bond motifs is 2. The van der Waals surface area contributed by atoms with E-state index in [0.717, 1.165) is 29.7 Å². The first-order valence-corrected chi connectivity index (χ1v) is 8.65. The van der Waals surface area contributed by atoms with E-state index in [1.165, 1.54) is 11.1 Å². The van der Waals surface area contributed by atoms with Crippen molar-refractivity contribution in [3.8, 4) is 5.75 Å². The topological polar surface area (TPSA) is 55.5 Å². The Kier molecular flexibility index (Phi) is 4.40. The molecule has 1 aromatic carbocycles. The van der Waals surface area contributed by atoms with Gasteiger partial charge in [-0.15, -0.1) is 15.3 Å². The minimum atomic E-state index is -2.71. The summed E-state index contributed by atoms with van der Waals surface area (Å²) in [5, 5.41) is 11.6. The zero-order chi connectivity index (χ0) is 18.1. The molecule has 0 N–H and O–H groups in total. The lowest BCUT2D eigenvalue weighted by atomic mass is 9.99. The van der Waals surface area contributed by atoms with Gasteiger partial charge in [-0.25, -0.2) is 8.78 Å². The summed E-state index contributed by atoms with van der Waals surface area (Å²) in [5.74, 6) is 1.10. The maximum atomic E-state index is 13.0. The Labute approximate surface area is 149 Å². The number of benzene rings is 1. The fraction of sp³-hybridized carbons (Fsp3) is 0.389. The van der Waals surface area contributed by atoms with Crippen LogP contribution in [0.3, 0.4) is 0 Å². The third kappa shape index (κ3) is 3.07. The fourth-order valence-corrected chi connectivity index (χ4v) is 3.14. The van der Waals surface area contributed by atoms with Crippen molar-refractivity contribution < 1.29 is 13.5 Å². The zero-order valence-corrected chi connectivity index (χ0v) is 14.4. The first-order valence-electron chi connectivity index (χ1n) is 8.65. The predicted molar refractivity (Wildman–Crippen MR) is 92.7 cm³/mol. The molecule has 1 aliphatic rings. The van der Waals surface area contributed by atoms with Crippen molar-refractivity contribution >= 4 is 11.5 Å². The number of hydrogen-bond donors (Lipinski definition) is 0. The van der Waals surface area contributed by atoms with Crippen LogP contribution < -0.4 is 9.64 Å². The van der Waals surface area contributed by atoms with Gasteiger partial charge in [0.05, 0.1) is 6.61 Å². The first kappa shape index (κ1) is 16.7. The van der Waals surface area contributed by atoms with Crippen LogP contribution in [0.25, 0.3) is 5.65 Å². The average molecular weight is 359 g/mol. The summed E-state index contributed by atoms with van der Waals surface area (Å²) < 4.78 is 32.9. The molecule has 0 spiro atoms. The zero-order valence-electron chi connectivity index (χ0n) is 14.4. The predicted octanol–water partition coefficient (Wildman–Crippen LogP) is 3.41. The standard InChI is InChI=1S/C18H19F2N5O/c1-2-9-26-14-4-3-13-11-24(8-7-12(13)10-14)16-6-5-15-21-22-18(17(19)20)25(15)23-16/h3-6,10,17H,2,7-9,11H2,1H3. The van der Waals surface area contributed by atoms with E-state index in [9.17, 15) is 8.78 Å². The number of hydrogen-bond acceptors (Lipinski definition) is 5. The summed E-state index contributed by atoms with van der Waals surface area (Å²) >= 11 is 0. The van der Waals surface area contributed by atoms with Gasteiger partial charge in [0.1, 0.15) is 11.6 Å². The van der Waals surface area contributed by atoms with Gasteiger partial charge in [0.2, 0.25) is 5.82 Å². The van der Waals surface area contributed by atoms with Crippen molar-refractivity contribution in [1.82, 2.24) is 19.8 Å². The lowest BCUT2D eigenvalue weighted by Crippen LogP contribution is -2.31. The van der Waals surface area contributed by atoms with Crippen molar-refractivity contribution in [2.24, 2.45) is 0 Å². The van der Waals surface area contributed by atoms with Gasteiger partial charge < -0.3 is 9.64 Å². The second kappa shape index (κ2) is 6.86. The monoisotopic (exact) mass is 359 g/mol. The van der Waals surface area contributed by atoms with E-state index < -0.39 is 12.2 Å². The van der Waals surface area contributed by atoms with Crippen LogP contribution in [-0.4, -0.2) is 33.0 Å². The molecule has 0 bridgehead atoms. The number of anilines is 1. The van der Waals surface area contributed by atoms with Gasteiger partial charge in [-0.1, -0.05) is 13.0 Å². The Balaban J connectivity index is 1.58. The van der Waals surface area contributed by atoms with E-state index in [0.29, 0.717) is 24.6 Å². The molecule has 0 saturated carbocycles. The quantitative estimate of drug-likeness (QED) is 0.699. The highest BCUT2D eigenvalue weighted by atomic mass is 19.3. The Morgan fingerprint density at radius 3 is 2.85 bits per heavy atom. The van der Waals surface area contributed by atoms with Gasteiger partial charge >= 0.3 is 0 Å². The minimum absolute atomic E-state index is 0.319. The van der Waals surface area contributed by atoms with Crippen LogP contribution in [0.15, 0.2) is 30.3 Å². The molecule has 26 heavy (non-hydrogen) atoms. The highest BCUT2D eigenvalue weighted by Crippen LogP contribution is 2.27. The van der Waals surface area contributed by atoms with Crippen LogP contribution in [0.2, 0.25) is 0 Å². The lowest BCUT2D eigenvalue weighted by Gasteiger charge is -2.30. The summed E-state index contributed by atoms with van der Waals surface area (Å²) in [5.41, 5.74) is 2.77. The van der Waals surface area contributed by atoms with Crippen molar-refractivity contribution in [2.75, 3.05) is 18.1 Å². The largest absolute Gasteiger partial charge is 0.494 e. The van der Waals surface area contributed by atoms with Crippen molar-refractivity contribution in [3.05, 3.63) is 47.3 Å². The molecule has 8 heteroatoms. The highest BCUT2D eigenvalue weighted by molar-refractivity contribution is 5.49. The van der Waals surface area contributed by atoms with Crippen LogP contribution in [0, 0.1) is 0 Å². The molecule has 0 unspecified atom stereocenters. The summed E-state index contributed by atoms with van der Waals surface area (Å²) in [6.45, 7) is 4.22. The molecule has 4 rings (SSSR count). The van der Waals surface area contributed by atoms with Gasteiger partial charge in [0, 0.05) is 13.1 Å². The molecule has 136 valence electrons. The Bertz CT molecular complexity index is 927. The number of aromatic nitrogens is 4. The summed E-state index contributed by atoms with van der Waals surface area (Å²) in [6.07, 6.45) is -0.887. The van der Waals surface area contributed by atoms with E-state index in [1.54, 1.807) is 12.1 Å². The van der Waals surface area contributed by atoms with Crippen molar-refractivity contribution in [3.63, 3.8) is 0 Å². The van der Waals surface area contributed by atoms with Crippen LogP contribution in [0.5, 0.6) is 5.75 Å². The van der Waals surface area contributed by atoms with Crippen LogP contribution >= 0.6 is 0 Å². The van der Waals surface area contributed by atoms with E-state index >= 15 is 0 Å². The van der Waals surface area contributed by atoms with Crippen LogP contribution in [0.4, 0.5) is 14.6 Å². The van der Waals surface area contributed by atoms with E-state index in [-0.39, 0.29) is 0 Å². The Morgan fingerprint density at radius 1 is 1.15 bits per heavy atom. The number of ether oxygens (including phenoxy) is 1. The Hall–Kier alpha value is -2.77. The van der Waals surface area contributed by atoms with E-state index in [4.69, 9.17) is 4.74 Å². The summed E-state index contributed by atoms with van der Waals surface area (Å²) in [7, 11) is 0. The number of alkyl halides is 2. The third-order valence-corrected chi connectivity index (χ3v) is 4.45. The first-order chi connectivity index (χ1) is 12.7. The van der Waals surface area contributed by atoms with Gasteiger partial charge in [-0.2, -0.15) is 4.52 Å². The van der Waals surface area contributed by atoms with Gasteiger partial charge in [-0.3, -0.25) is 0 Å². The molecule has 6 nitrogen and oxygen atoms in total. The van der Waals surface area contributed by atoms with Crippen LogP contribution in [0.1, 0.15) is 36.7 Å². The average Bonchev–Trinajstić information content (AvgIpc) is 3.09. The van der Waals surface area contributed by atoms with Crippen molar-refractivity contribution in [2.45, 2.75) is 32.7 Å². The molecule has 2 aromatic heterocycles. The highest BCUT2D eigenvalue weighted by Gasteiger charge is 2.21. The number of rotatable bonds is 5. The number of nitrogens with zero attached hydrogens (tertiary/aromatic N) is 5. The minimum Gasteiger partial charge on any atom is -0.494 e. The van der Waals surface area contributed by atoms with Crippen molar-refractivity contribution in [1.29, 1.82) is 0 Å². The van der Waals surface area contributed by atoms with Gasteiger partial charge in [-0.05, 0) is 48.2 Å². The fourth-order valence-electron chi connectivity index (χ4n) is 3.14. The molecule has 0 radical (unpaired) electrons. The molecule has 1 aliphatic heterocycles. The second-order valence-electron chi connectivity index (χ2n) is 6.27. The summed E-state index contributed by atoms with van der Waals surface area (Å²) in [4.78, 5) is 2.07. The van der Waals surface area contributed by atoms with E-state index in [2.05, 4.69) is 39.3 Å². The number of halogens is 2. The molecule has 0 aliphatic carbocycles. The molecule has 0 fully saturated rings. The smallest absolute Gasteiger partial charge is 0.299 e. The second-order valence-corrected chi connectivity index (χ2v) is 6.27. The SMILES string of the molecule is CCCOc1ccc2c(c1)CCN(c1ccc3nnc(C(F)F)n3n1)C2. The Morgan fingerprint density at radius 2 is 2.04 bits per heavy atom. The lowest BCUT2D eigenvalue weighted by molar-refractivity contribution is 0.137. The third-order valence-electron chi connectivity index (χ3n) is 4.45. The van der Waals surface area contributed by atoms with Gasteiger partial charge in [0.15, 0.2) is 5.65 Å². The normalized spacial score (nSPS) is 14.1. The molecule has 3 heterocycles. The van der Waals surface area contributed by atoms with E-state index in [1.807, 2.05) is 6.07 Å². The van der Waals surface area contributed by atoms with Gasteiger partial charge in [0.25, 0.3) is 6.43 Å². The molecular weight excluding hydrogens is 340 g/mol. The molecular formula is C18H19F2N5O.